The van der Waals surface area contributed by atoms with Crippen LogP contribution >= 0.6 is 0 Å². The number of carbonyl (C=O) groups excluding carboxylic acids is 2. The van der Waals surface area contributed by atoms with Crippen molar-refractivity contribution in [1.29, 1.82) is 0 Å². The minimum Gasteiger partial charge on any atom is -0.359 e. The molecule has 0 aromatic heterocycles. The Morgan fingerprint density at radius 2 is 1.85 bits per heavy atom. The van der Waals surface area contributed by atoms with Gasteiger partial charge < -0.3 is 20.4 Å². The standard InChI is InChI=1S/C19H35N5O2/c1-15-5-4-10-24(14-15)18(26)6-9-22-19(21-3)23-11-7-16(8-12-23)13-17(25)20-2/h15-16H,4-14H2,1-3H3,(H,20,25)(H,21,22). The number of amides is 2. The summed E-state index contributed by atoms with van der Waals surface area (Å²) in [6, 6.07) is 0. The molecule has 2 aliphatic rings. The van der Waals surface area contributed by atoms with Gasteiger partial charge in [0.15, 0.2) is 5.96 Å². The topological polar surface area (TPSA) is 77.0 Å². The van der Waals surface area contributed by atoms with Gasteiger partial charge in [-0.2, -0.15) is 0 Å². The average Bonchev–Trinajstić information content (AvgIpc) is 2.66. The van der Waals surface area contributed by atoms with E-state index in [2.05, 4.69) is 27.4 Å². The lowest BCUT2D eigenvalue weighted by Gasteiger charge is -2.34. The Morgan fingerprint density at radius 3 is 2.46 bits per heavy atom. The van der Waals surface area contributed by atoms with E-state index in [0.29, 0.717) is 31.2 Å². The SMILES string of the molecule is CN=C(NCCC(=O)N1CCCC(C)C1)N1CCC(CC(=O)NC)CC1. The molecule has 2 amide bonds. The number of nitrogens with one attached hydrogen (secondary N) is 2. The Morgan fingerprint density at radius 1 is 1.12 bits per heavy atom. The van der Waals surface area contributed by atoms with Crippen LogP contribution in [0.4, 0.5) is 0 Å². The van der Waals surface area contributed by atoms with Gasteiger partial charge >= 0.3 is 0 Å². The van der Waals surface area contributed by atoms with Crippen molar-refractivity contribution in [2.75, 3.05) is 46.8 Å². The summed E-state index contributed by atoms with van der Waals surface area (Å²) in [6.45, 7) is 6.43. The predicted molar refractivity (Wildman–Crippen MR) is 104 cm³/mol. The number of likely N-dealkylation sites (tertiary alicyclic amines) is 2. The Bertz CT molecular complexity index is 500. The van der Waals surface area contributed by atoms with Crippen molar-refractivity contribution in [1.82, 2.24) is 20.4 Å². The van der Waals surface area contributed by atoms with Gasteiger partial charge in [-0.1, -0.05) is 6.92 Å². The second kappa shape index (κ2) is 10.4. The number of guanidine groups is 1. The molecule has 0 aromatic carbocycles. The average molecular weight is 366 g/mol. The molecule has 2 heterocycles. The van der Waals surface area contributed by atoms with Crippen LogP contribution in [0.2, 0.25) is 0 Å². The lowest BCUT2D eigenvalue weighted by molar-refractivity contribution is -0.132. The zero-order chi connectivity index (χ0) is 18.9. The molecular formula is C19H35N5O2. The van der Waals surface area contributed by atoms with E-state index in [1.807, 2.05) is 4.90 Å². The molecule has 2 rings (SSSR count). The first-order chi connectivity index (χ1) is 12.5. The van der Waals surface area contributed by atoms with Crippen molar-refractivity contribution in [2.24, 2.45) is 16.8 Å². The molecule has 26 heavy (non-hydrogen) atoms. The van der Waals surface area contributed by atoms with Crippen molar-refractivity contribution < 1.29 is 9.59 Å². The maximum Gasteiger partial charge on any atom is 0.224 e. The lowest BCUT2D eigenvalue weighted by Crippen LogP contribution is -2.47. The van der Waals surface area contributed by atoms with E-state index in [4.69, 9.17) is 0 Å². The first-order valence-electron chi connectivity index (χ1n) is 9.97. The van der Waals surface area contributed by atoms with E-state index in [1.54, 1.807) is 14.1 Å². The van der Waals surface area contributed by atoms with Gasteiger partial charge in [-0.3, -0.25) is 14.6 Å². The van der Waals surface area contributed by atoms with Gasteiger partial charge in [-0.25, -0.2) is 0 Å². The van der Waals surface area contributed by atoms with Gasteiger partial charge in [0, 0.05) is 59.7 Å². The summed E-state index contributed by atoms with van der Waals surface area (Å²) < 4.78 is 0. The van der Waals surface area contributed by atoms with E-state index >= 15 is 0 Å². The zero-order valence-electron chi connectivity index (χ0n) is 16.6. The minimum absolute atomic E-state index is 0.122. The van der Waals surface area contributed by atoms with Crippen LogP contribution < -0.4 is 10.6 Å². The Kier molecular flexibility index (Phi) is 8.19. The Labute approximate surface area is 157 Å². The number of hydrogen-bond donors (Lipinski definition) is 2. The smallest absolute Gasteiger partial charge is 0.224 e. The summed E-state index contributed by atoms with van der Waals surface area (Å²) in [5.41, 5.74) is 0. The minimum atomic E-state index is 0.122. The number of rotatable bonds is 5. The molecule has 2 N–H and O–H groups in total. The van der Waals surface area contributed by atoms with Gasteiger partial charge in [0.25, 0.3) is 0 Å². The molecule has 0 saturated carbocycles. The number of aliphatic imine (C=N–C) groups is 1. The molecule has 2 saturated heterocycles. The van der Waals surface area contributed by atoms with Crippen molar-refractivity contribution in [3.8, 4) is 0 Å². The monoisotopic (exact) mass is 365 g/mol. The van der Waals surface area contributed by atoms with Crippen LogP contribution in [0.15, 0.2) is 4.99 Å². The van der Waals surface area contributed by atoms with Crippen LogP contribution in [0, 0.1) is 11.8 Å². The Hall–Kier alpha value is -1.79. The highest BCUT2D eigenvalue weighted by Gasteiger charge is 2.24. The fourth-order valence-electron chi connectivity index (χ4n) is 3.90. The highest BCUT2D eigenvalue weighted by molar-refractivity contribution is 5.81. The first kappa shape index (κ1) is 20.5. The molecule has 0 spiro atoms. The number of carbonyl (C=O) groups is 2. The highest BCUT2D eigenvalue weighted by atomic mass is 16.2. The van der Waals surface area contributed by atoms with Crippen LogP contribution in [0.5, 0.6) is 0 Å². The van der Waals surface area contributed by atoms with Crippen LogP contribution in [-0.4, -0.2) is 74.4 Å². The number of nitrogens with zero attached hydrogens (tertiary/aromatic N) is 3. The van der Waals surface area contributed by atoms with Crippen LogP contribution in [0.25, 0.3) is 0 Å². The molecular weight excluding hydrogens is 330 g/mol. The molecule has 1 unspecified atom stereocenters. The van der Waals surface area contributed by atoms with E-state index in [-0.39, 0.29) is 11.8 Å². The lowest BCUT2D eigenvalue weighted by atomic mass is 9.93. The van der Waals surface area contributed by atoms with Gasteiger partial charge in [-0.15, -0.1) is 0 Å². The third-order valence-corrected chi connectivity index (χ3v) is 5.51. The summed E-state index contributed by atoms with van der Waals surface area (Å²) in [5, 5.41) is 6.04. The molecule has 7 heteroatoms. The number of hydrogen-bond acceptors (Lipinski definition) is 3. The predicted octanol–water partition coefficient (Wildman–Crippen LogP) is 1.06. The fraction of sp³-hybridized carbons (Fsp3) is 0.842. The molecule has 0 radical (unpaired) electrons. The van der Waals surface area contributed by atoms with E-state index in [9.17, 15) is 9.59 Å². The van der Waals surface area contributed by atoms with Crippen LogP contribution in [0.3, 0.4) is 0 Å². The molecule has 1 atom stereocenters. The molecule has 7 nitrogen and oxygen atoms in total. The summed E-state index contributed by atoms with van der Waals surface area (Å²) in [4.78, 5) is 32.5. The van der Waals surface area contributed by atoms with E-state index < -0.39 is 0 Å². The van der Waals surface area contributed by atoms with Gasteiger partial charge in [0.05, 0.1) is 0 Å². The maximum atomic E-state index is 12.4. The first-order valence-corrected chi connectivity index (χ1v) is 9.97. The zero-order valence-corrected chi connectivity index (χ0v) is 16.6. The fourth-order valence-corrected chi connectivity index (χ4v) is 3.90. The largest absolute Gasteiger partial charge is 0.359 e. The second-order valence-corrected chi connectivity index (χ2v) is 7.62. The third-order valence-electron chi connectivity index (χ3n) is 5.51. The number of piperidine rings is 2. The molecule has 0 aromatic rings. The van der Waals surface area contributed by atoms with Gasteiger partial charge in [0.1, 0.15) is 0 Å². The molecule has 148 valence electrons. The van der Waals surface area contributed by atoms with Crippen molar-refractivity contribution >= 4 is 17.8 Å². The van der Waals surface area contributed by atoms with Crippen LogP contribution in [-0.2, 0) is 9.59 Å². The third kappa shape index (κ3) is 6.18. The molecule has 2 aliphatic heterocycles. The quantitative estimate of drug-likeness (QED) is 0.564. The van der Waals surface area contributed by atoms with Gasteiger partial charge in [-0.05, 0) is 37.5 Å². The van der Waals surface area contributed by atoms with Crippen molar-refractivity contribution in [3.05, 3.63) is 0 Å². The highest BCUT2D eigenvalue weighted by Crippen LogP contribution is 2.20. The van der Waals surface area contributed by atoms with E-state index in [1.165, 1.54) is 6.42 Å². The molecule has 0 bridgehead atoms. The van der Waals surface area contributed by atoms with Crippen molar-refractivity contribution in [2.45, 2.75) is 45.4 Å². The van der Waals surface area contributed by atoms with Gasteiger partial charge in [0.2, 0.25) is 11.8 Å². The summed E-state index contributed by atoms with van der Waals surface area (Å²) in [7, 11) is 3.47. The molecule has 0 aliphatic carbocycles. The Balaban J connectivity index is 1.69. The molecule has 2 fully saturated rings. The van der Waals surface area contributed by atoms with Crippen molar-refractivity contribution in [3.63, 3.8) is 0 Å². The van der Waals surface area contributed by atoms with E-state index in [0.717, 1.165) is 51.4 Å². The summed E-state index contributed by atoms with van der Waals surface area (Å²) in [5.74, 6) is 2.29. The maximum absolute atomic E-state index is 12.4. The van der Waals surface area contributed by atoms with Crippen LogP contribution in [0.1, 0.15) is 45.4 Å². The summed E-state index contributed by atoms with van der Waals surface area (Å²) in [6.07, 6.45) is 5.47. The summed E-state index contributed by atoms with van der Waals surface area (Å²) >= 11 is 0. The second-order valence-electron chi connectivity index (χ2n) is 7.62. The normalized spacial score (nSPS) is 22.3.